The average Bonchev–Trinajstić information content (AvgIpc) is 2.74. The van der Waals surface area contributed by atoms with Gasteiger partial charge in [-0.15, -0.1) is 0 Å². The summed E-state index contributed by atoms with van der Waals surface area (Å²) in [6.45, 7) is 1.17. The molecule has 21 heavy (non-hydrogen) atoms. The number of carboxylic acids is 1. The van der Waals surface area contributed by atoms with Gasteiger partial charge in [0.05, 0.1) is 17.4 Å². The summed E-state index contributed by atoms with van der Waals surface area (Å²) in [5.74, 6) is -1.72. The van der Waals surface area contributed by atoms with E-state index < -0.39 is 28.1 Å². The summed E-state index contributed by atoms with van der Waals surface area (Å²) in [5.41, 5.74) is 1.05. The van der Waals surface area contributed by atoms with Crippen LogP contribution in [0.1, 0.15) is 12.5 Å². The highest BCUT2D eigenvalue weighted by molar-refractivity contribution is 7.89. The van der Waals surface area contributed by atoms with Gasteiger partial charge in [0.1, 0.15) is 6.04 Å². The topological polar surface area (TPSA) is 133 Å². The second-order valence-electron chi connectivity index (χ2n) is 4.72. The van der Waals surface area contributed by atoms with Crippen LogP contribution < -0.4 is 10.0 Å². The lowest BCUT2D eigenvalue weighted by molar-refractivity contribution is -0.141. The molecule has 0 bridgehead atoms. The van der Waals surface area contributed by atoms with Crippen molar-refractivity contribution in [2.24, 2.45) is 0 Å². The molecule has 0 saturated carbocycles. The summed E-state index contributed by atoms with van der Waals surface area (Å²) < 4.78 is 26.2. The lowest BCUT2D eigenvalue weighted by atomic mass is 10.2. The van der Waals surface area contributed by atoms with Crippen LogP contribution in [0.2, 0.25) is 0 Å². The molecule has 1 aliphatic rings. The van der Waals surface area contributed by atoms with E-state index in [0.29, 0.717) is 11.3 Å². The molecule has 1 amide bonds. The Morgan fingerprint density at radius 2 is 2.10 bits per heavy atom. The first-order chi connectivity index (χ1) is 9.70. The Balaban J connectivity index is 2.30. The number of anilines is 1. The van der Waals surface area contributed by atoms with Crippen LogP contribution in [0, 0.1) is 0 Å². The van der Waals surface area contributed by atoms with E-state index in [-0.39, 0.29) is 17.2 Å². The summed E-state index contributed by atoms with van der Waals surface area (Å²) in [6.07, 6.45) is -1.33. The summed E-state index contributed by atoms with van der Waals surface area (Å²) in [4.78, 5) is 22.0. The van der Waals surface area contributed by atoms with Crippen molar-refractivity contribution in [2.45, 2.75) is 30.4 Å². The van der Waals surface area contributed by atoms with Gasteiger partial charge in [0.25, 0.3) is 0 Å². The minimum Gasteiger partial charge on any atom is -0.480 e. The molecule has 2 rings (SSSR count). The minimum absolute atomic E-state index is 0.0669. The number of hydrogen-bond acceptors (Lipinski definition) is 5. The van der Waals surface area contributed by atoms with E-state index in [9.17, 15) is 23.1 Å². The maximum Gasteiger partial charge on any atom is 0.324 e. The molecule has 1 aliphatic heterocycles. The quantitative estimate of drug-likeness (QED) is 0.567. The first kappa shape index (κ1) is 15.4. The molecule has 2 atom stereocenters. The number of carboxylic acid groups (broad SMARTS) is 1. The average molecular weight is 314 g/mol. The van der Waals surface area contributed by atoms with Crippen molar-refractivity contribution >= 4 is 27.6 Å². The third-order valence-electron chi connectivity index (χ3n) is 3.04. The monoisotopic (exact) mass is 314 g/mol. The van der Waals surface area contributed by atoms with Gasteiger partial charge in [-0.05, 0) is 30.7 Å². The normalized spacial score (nSPS) is 17.0. The van der Waals surface area contributed by atoms with E-state index in [1.165, 1.54) is 25.1 Å². The molecule has 0 saturated heterocycles. The molecule has 8 nitrogen and oxygen atoms in total. The number of benzene rings is 1. The molecule has 0 spiro atoms. The number of rotatable bonds is 5. The smallest absolute Gasteiger partial charge is 0.324 e. The number of carbonyl (C=O) groups is 2. The van der Waals surface area contributed by atoms with Crippen LogP contribution >= 0.6 is 0 Å². The molecule has 1 heterocycles. The van der Waals surface area contributed by atoms with Gasteiger partial charge in [0.15, 0.2) is 0 Å². The number of nitrogens with one attached hydrogen (secondary N) is 2. The van der Waals surface area contributed by atoms with Crippen LogP contribution in [0.4, 0.5) is 5.69 Å². The lowest BCUT2D eigenvalue weighted by Crippen LogP contribution is -2.47. The maximum absolute atomic E-state index is 12.1. The zero-order valence-corrected chi connectivity index (χ0v) is 11.8. The zero-order valence-electron chi connectivity index (χ0n) is 11.0. The Labute approximate surface area is 120 Å². The van der Waals surface area contributed by atoms with Crippen LogP contribution in [0.25, 0.3) is 0 Å². The highest BCUT2D eigenvalue weighted by Gasteiger charge is 2.30. The van der Waals surface area contributed by atoms with E-state index in [4.69, 9.17) is 5.11 Å². The lowest BCUT2D eigenvalue weighted by Gasteiger charge is -2.17. The molecule has 0 fully saturated rings. The van der Waals surface area contributed by atoms with Crippen LogP contribution in [-0.2, 0) is 26.0 Å². The van der Waals surface area contributed by atoms with Crippen molar-refractivity contribution in [3.63, 3.8) is 0 Å². The number of aliphatic carboxylic acids is 1. The molecule has 9 heteroatoms. The van der Waals surface area contributed by atoms with Gasteiger partial charge in [-0.1, -0.05) is 0 Å². The van der Waals surface area contributed by atoms with Gasteiger partial charge in [-0.3, -0.25) is 9.59 Å². The van der Waals surface area contributed by atoms with E-state index in [0.717, 1.165) is 0 Å². The highest BCUT2D eigenvalue weighted by Crippen LogP contribution is 2.25. The second kappa shape index (κ2) is 5.43. The Morgan fingerprint density at radius 1 is 1.43 bits per heavy atom. The van der Waals surface area contributed by atoms with E-state index in [2.05, 4.69) is 5.32 Å². The van der Waals surface area contributed by atoms with E-state index in [1.807, 2.05) is 4.72 Å². The van der Waals surface area contributed by atoms with E-state index in [1.54, 1.807) is 0 Å². The minimum atomic E-state index is -4.12. The molecule has 1 aromatic carbocycles. The third kappa shape index (κ3) is 3.20. The van der Waals surface area contributed by atoms with E-state index >= 15 is 0 Å². The number of aliphatic hydroxyl groups excluding tert-OH is 1. The SMILES string of the molecule is C[C@@H](O)[C@H](NS(=O)(=O)c1ccc2c(c1)CC(=O)N2)C(=O)O. The molecule has 0 unspecified atom stereocenters. The molecule has 0 radical (unpaired) electrons. The second-order valence-corrected chi connectivity index (χ2v) is 6.44. The molecule has 1 aromatic rings. The number of amides is 1. The van der Waals surface area contributed by atoms with Crippen LogP contribution in [0.15, 0.2) is 23.1 Å². The standard InChI is InChI=1S/C12H14N2O6S/c1-6(15)11(12(17)18)14-21(19,20)8-2-3-9-7(4-8)5-10(16)13-9/h2-4,6,11,14-15H,5H2,1H3,(H,13,16)(H,17,18)/t6-,11+/m1/s1. The fourth-order valence-electron chi connectivity index (χ4n) is 1.96. The van der Waals surface area contributed by atoms with Gasteiger partial charge in [-0.2, -0.15) is 4.72 Å². The van der Waals surface area contributed by atoms with Crippen molar-refractivity contribution < 1.29 is 28.2 Å². The summed E-state index contributed by atoms with van der Waals surface area (Å²) in [6, 6.07) is 2.35. The molecule has 114 valence electrons. The number of aliphatic hydroxyl groups is 1. The highest BCUT2D eigenvalue weighted by atomic mass is 32.2. The first-order valence-electron chi connectivity index (χ1n) is 6.06. The van der Waals surface area contributed by atoms with Crippen molar-refractivity contribution in [1.82, 2.24) is 4.72 Å². The van der Waals surface area contributed by atoms with Crippen molar-refractivity contribution in [1.29, 1.82) is 0 Å². The van der Waals surface area contributed by atoms with Crippen molar-refractivity contribution in [3.05, 3.63) is 23.8 Å². The molecule has 0 aromatic heterocycles. The Bertz CT molecular complexity index is 698. The number of sulfonamides is 1. The van der Waals surface area contributed by atoms with Crippen molar-refractivity contribution in [3.8, 4) is 0 Å². The zero-order chi connectivity index (χ0) is 15.8. The molecule has 0 aliphatic carbocycles. The first-order valence-corrected chi connectivity index (χ1v) is 7.55. The largest absolute Gasteiger partial charge is 0.480 e. The fourth-order valence-corrected chi connectivity index (χ4v) is 3.28. The molecule has 4 N–H and O–H groups in total. The third-order valence-corrected chi connectivity index (χ3v) is 4.48. The molecular formula is C12H14N2O6S. The van der Waals surface area contributed by atoms with Crippen molar-refractivity contribution in [2.75, 3.05) is 5.32 Å². The number of carbonyl (C=O) groups excluding carboxylic acids is 1. The summed E-state index contributed by atoms with van der Waals surface area (Å²) in [5, 5.41) is 20.8. The maximum atomic E-state index is 12.1. The summed E-state index contributed by atoms with van der Waals surface area (Å²) >= 11 is 0. The van der Waals surface area contributed by atoms with Gasteiger partial charge >= 0.3 is 5.97 Å². The van der Waals surface area contributed by atoms with Gasteiger partial charge < -0.3 is 15.5 Å². The van der Waals surface area contributed by atoms with Gasteiger partial charge in [0, 0.05) is 5.69 Å². The van der Waals surface area contributed by atoms with Gasteiger partial charge in [-0.25, -0.2) is 8.42 Å². The number of fused-ring (bicyclic) bond motifs is 1. The van der Waals surface area contributed by atoms with Crippen LogP contribution in [-0.4, -0.2) is 42.7 Å². The predicted octanol–water partition coefficient (Wildman–Crippen LogP) is -0.706. The number of hydrogen-bond donors (Lipinski definition) is 4. The van der Waals surface area contributed by atoms with Crippen LogP contribution in [0.3, 0.4) is 0 Å². The Morgan fingerprint density at radius 3 is 2.67 bits per heavy atom. The van der Waals surface area contributed by atoms with Gasteiger partial charge in [0.2, 0.25) is 15.9 Å². The molecular weight excluding hydrogens is 300 g/mol. The Hall–Kier alpha value is -1.97. The Kier molecular flexibility index (Phi) is 3.99. The fraction of sp³-hybridized carbons (Fsp3) is 0.333. The predicted molar refractivity (Wildman–Crippen MR) is 72.2 cm³/mol. The summed E-state index contributed by atoms with van der Waals surface area (Å²) in [7, 11) is -4.12. The van der Waals surface area contributed by atoms with Crippen LogP contribution in [0.5, 0.6) is 0 Å².